The molecule has 0 unspecified atom stereocenters. The molecule has 0 radical (unpaired) electrons. The molecule has 1 fully saturated rings. The molecule has 6 nitrogen and oxygen atoms in total. The zero-order chi connectivity index (χ0) is 24.8. The molecular formula is C27H24N2O4S2. The Balaban J connectivity index is 1.26. The van der Waals surface area contributed by atoms with Gasteiger partial charge in [0.25, 0.3) is 11.8 Å². The molecule has 1 aliphatic heterocycles. The van der Waals surface area contributed by atoms with Crippen LogP contribution in [0.3, 0.4) is 0 Å². The van der Waals surface area contributed by atoms with E-state index >= 15 is 0 Å². The van der Waals surface area contributed by atoms with Gasteiger partial charge in [0, 0.05) is 12.2 Å². The van der Waals surface area contributed by atoms with Crippen LogP contribution in [0.25, 0.3) is 6.08 Å². The van der Waals surface area contributed by atoms with Crippen LogP contribution in [0.15, 0.2) is 77.7 Å². The lowest BCUT2D eigenvalue weighted by atomic mass is 10.2. The van der Waals surface area contributed by atoms with E-state index in [2.05, 4.69) is 5.32 Å². The van der Waals surface area contributed by atoms with Crippen molar-refractivity contribution in [1.29, 1.82) is 0 Å². The van der Waals surface area contributed by atoms with E-state index in [1.807, 2.05) is 50.2 Å². The van der Waals surface area contributed by atoms with Crippen molar-refractivity contribution in [3.8, 4) is 17.2 Å². The molecule has 0 atom stereocenters. The summed E-state index contributed by atoms with van der Waals surface area (Å²) in [5, 5.41) is 2.80. The molecule has 0 aromatic heterocycles. The Morgan fingerprint density at radius 2 is 1.57 bits per heavy atom. The van der Waals surface area contributed by atoms with Crippen LogP contribution >= 0.6 is 24.0 Å². The van der Waals surface area contributed by atoms with E-state index in [0.717, 1.165) is 11.3 Å². The highest BCUT2D eigenvalue weighted by molar-refractivity contribution is 8.26. The lowest BCUT2D eigenvalue weighted by Crippen LogP contribution is -2.27. The van der Waals surface area contributed by atoms with Gasteiger partial charge in [0.2, 0.25) is 0 Å². The smallest absolute Gasteiger partial charge is 0.266 e. The van der Waals surface area contributed by atoms with Crippen LogP contribution in [0.4, 0.5) is 5.69 Å². The number of nitrogens with zero attached hydrogens (tertiary/aromatic N) is 1. The van der Waals surface area contributed by atoms with Gasteiger partial charge in [-0.3, -0.25) is 14.5 Å². The van der Waals surface area contributed by atoms with Crippen LogP contribution in [0.1, 0.15) is 18.1 Å². The van der Waals surface area contributed by atoms with E-state index in [1.165, 1.54) is 17.3 Å². The summed E-state index contributed by atoms with van der Waals surface area (Å²) in [6.45, 7) is 4.35. The number of ether oxygens (including phenoxy) is 2. The van der Waals surface area contributed by atoms with E-state index in [9.17, 15) is 9.59 Å². The first-order valence-electron chi connectivity index (χ1n) is 11.0. The highest BCUT2D eigenvalue weighted by atomic mass is 32.2. The highest BCUT2D eigenvalue weighted by Gasteiger charge is 2.30. The molecule has 3 aromatic carbocycles. The minimum atomic E-state index is -0.276. The molecule has 178 valence electrons. The van der Waals surface area contributed by atoms with Gasteiger partial charge in [-0.1, -0.05) is 53.8 Å². The molecule has 1 aliphatic rings. The summed E-state index contributed by atoms with van der Waals surface area (Å²) in [5.74, 6) is 1.65. The van der Waals surface area contributed by atoms with E-state index in [0.29, 0.717) is 33.0 Å². The van der Waals surface area contributed by atoms with Gasteiger partial charge in [-0.15, -0.1) is 0 Å². The van der Waals surface area contributed by atoms with Crippen molar-refractivity contribution in [3.63, 3.8) is 0 Å². The lowest BCUT2D eigenvalue weighted by Gasteiger charge is -2.10. The van der Waals surface area contributed by atoms with Crippen molar-refractivity contribution in [1.82, 2.24) is 4.90 Å². The second-order valence-corrected chi connectivity index (χ2v) is 9.45. The Hall–Kier alpha value is -3.62. The molecule has 1 saturated heterocycles. The molecule has 0 aliphatic carbocycles. The van der Waals surface area contributed by atoms with Crippen molar-refractivity contribution >= 4 is 51.9 Å². The van der Waals surface area contributed by atoms with Crippen molar-refractivity contribution in [2.45, 2.75) is 13.8 Å². The molecule has 3 aromatic rings. The maximum absolute atomic E-state index is 12.3. The molecule has 35 heavy (non-hydrogen) atoms. The standard InChI is InChI=1S/C27H24N2O4S2/c1-3-29-26(31)24(35-27(29)34)16-19-6-8-20(9-7-19)28-25(30)17-32-21-12-14-23(15-13-21)33-22-10-4-18(2)5-11-22/h4-16H,3,17H2,1-2H3,(H,28,30)/b24-16+. The minimum Gasteiger partial charge on any atom is -0.484 e. The first kappa shape index (κ1) is 24.5. The van der Waals surface area contributed by atoms with Gasteiger partial charge >= 0.3 is 0 Å². The summed E-state index contributed by atoms with van der Waals surface area (Å²) in [6.07, 6.45) is 1.80. The number of benzene rings is 3. The van der Waals surface area contributed by atoms with Gasteiger partial charge < -0.3 is 14.8 Å². The predicted octanol–water partition coefficient (Wildman–Crippen LogP) is 6.03. The van der Waals surface area contributed by atoms with Crippen LogP contribution < -0.4 is 14.8 Å². The van der Waals surface area contributed by atoms with Gasteiger partial charge in [0.1, 0.15) is 21.6 Å². The number of hydrogen-bond acceptors (Lipinski definition) is 6. The number of nitrogens with one attached hydrogen (secondary N) is 1. The predicted molar refractivity (Wildman–Crippen MR) is 144 cm³/mol. The Bertz CT molecular complexity index is 1250. The number of thioether (sulfide) groups is 1. The van der Waals surface area contributed by atoms with E-state index < -0.39 is 0 Å². The number of carbonyl (C=O) groups is 2. The van der Waals surface area contributed by atoms with Gasteiger partial charge in [0.15, 0.2) is 6.61 Å². The first-order valence-corrected chi connectivity index (χ1v) is 12.3. The molecule has 0 saturated carbocycles. The fourth-order valence-corrected chi connectivity index (χ4v) is 4.66. The van der Waals surface area contributed by atoms with Crippen LogP contribution in [0, 0.1) is 6.92 Å². The number of hydrogen-bond donors (Lipinski definition) is 1. The topological polar surface area (TPSA) is 67.9 Å². The lowest BCUT2D eigenvalue weighted by molar-refractivity contribution is -0.122. The first-order chi connectivity index (χ1) is 16.9. The van der Waals surface area contributed by atoms with Crippen LogP contribution in [-0.2, 0) is 9.59 Å². The molecule has 4 rings (SSSR count). The summed E-state index contributed by atoms with van der Waals surface area (Å²) in [7, 11) is 0. The third kappa shape index (κ3) is 6.49. The fourth-order valence-electron chi connectivity index (χ4n) is 3.28. The molecule has 1 N–H and O–H groups in total. The number of thiocarbonyl (C=S) groups is 1. The third-order valence-corrected chi connectivity index (χ3v) is 6.51. The maximum Gasteiger partial charge on any atom is 0.266 e. The molecule has 1 heterocycles. The molecule has 2 amide bonds. The maximum atomic E-state index is 12.3. The summed E-state index contributed by atoms with van der Waals surface area (Å²) in [5.41, 5.74) is 2.66. The molecule has 0 bridgehead atoms. The van der Waals surface area contributed by atoms with E-state index in [-0.39, 0.29) is 18.4 Å². The van der Waals surface area contributed by atoms with Crippen LogP contribution in [-0.4, -0.2) is 34.2 Å². The zero-order valence-electron chi connectivity index (χ0n) is 19.3. The number of carbonyl (C=O) groups excluding carboxylic acids is 2. The third-order valence-electron chi connectivity index (χ3n) is 5.13. The SMILES string of the molecule is CCN1C(=O)/C(=C\c2ccc(NC(=O)COc3ccc(Oc4ccc(C)cc4)cc3)cc2)SC1=S. The van der Waals surface area contributed by atoms with Crippen molar-refractivity contribution in [3.05, 3.63) is 88.8 Å². The minimum absolute atomic E-state index is 0.0771. The summed E-state index contributed by atoms with van der Waals surface area (Å²) in [4.78, 5) is 26.8. The van der Waals surface area contributed by atoms with Crippen LogP contribution in [0.5, 0.6) is 17.2 Å². The monoisotopic (exact) mass is 504 g/mol. The normalized spacial score (nSPS) is 14.3. The van der Waals surface area contributed by atoms with Gasteiger partial charge in [-0.05, 0) is 74.0 Å². The van der Waals surface area contributed by atoms with E-state index in [1.54, 1.807) is 47.4 Å². The summed E-state index contributed by atoms with van der Waals surface area (Å²) >= 11 is 6.53. The molecule has 8 heteroatoms. The van der Waals surface area contributed by atoms with Crippen LogP contribution in [0.2, 0.25) is 0 Å². The Kier molecular flexibility index (Phi) is 7.84. The van der Waals surface area contributed by atoms with Crippen molar-refractivity contribution < 1.29 is 19.1 Å². The van der Waals surface area contributed by atoms with Gasteiger partial charge in [-0.25, -0.2) is 0 Å². The summed E-state index contributed by atoms with van der Waals surface area (Å²) in [6, 6.07) is 22.1. The Morgan fingerprint density at radius 1 is 0.971 bits per heavy atom. The second kappa shape index (κ2) is 11.2. The number of rotatable bonds is 8. The molecule has 0 spiro atoms. The van der Waals surface area contributed by atoms with Crippen molar-refractivity contribution in [2.24, 2.45) is 0 Å². The average molecular weight is 505 g/mol. The molecular weight excluding hydrogens is 480 g/mol. The second-order valence-electron chi connectivity index (χ2n) is 7.77. The van der Waals surface area contributed by atoms with Crippen molar-refractivity contribution in [2.75, 3.05) is 18.5 Å². The van der Waals surface area contributed by atoms with Gasteiger partial charge in [-0.2, -0.15) is 0 Å². The van der Waals surface area contributed by atoms with E-state index in [4.69, 9.17) is 21.7 Å². The number of anilines is 1. The quantitative estimate of drug-likeness (QED) is 0.299. The number of amides is 2. The Morgan fingerprint density at radius 3 is 2.17 bits per heavy atom. The fraction of sp³-hybridized carbons (Fsp3) is 0.148. The highest BCUT2D eigenvalue weighted by Crippen LogP contribution is 2.32. The number of aryl methyl sites for hydroxylation is 1. The number of likely N-dealkylation sites (N-methyl/N-ethyl adjacent to an activating group) is 1. The Labute approximate surface area is 213 Å². The largest absolute Gasteiger partial charge is 0.484 e. The zero-order valence-corrected chi connectivity index (χ0v) is 20.9. The van der Waals surface area contributed by atoms with Gasteiger partial charge in [0.05, 0.1) is 4.91 Å². The summed E-state index contributed by atoms with van der Waals surface area (Å²) < 4.78 is 12.0. The average Bonchev–Trinajstić information content (AvgIpc) is 3.13.